The molecule has 0 bridgehead atoms. The number of phenols is 1. The van der Waals surface area contributed by atoms with E-state index in [4.69, 9.17) is 10.00 Å². The molecule has 21 heavy (non-hydrogen) atoms. The van der Waals surface area contributed by atoms with Gasteiger partial charge in [0.05, 0.1) is 17.6 Å². The molecule has 0 aliphatic heterocycles. The molecule has 1 aromatic carbocycles. The van der Waals surface area contributed by atoms with Crippen LogP contribution in [-0.2, 0) is 0 Å². The lowest BCUT2D eigenvalue weighted by Gasteiger charge is -2.09. The third-order valence-electron chi connectivity index (χ3n) is 2.77. The van der Waals surface area contributed by atoms with Crippen molar-refractivity contribution in [2.45, 2.75) is 0 Å². The number of thiophene rings is 1. The van der Waals surface area contributed by atoms with Gasteiger partial charge in [-0.25, -0.2) is 0 Å². The van der Waals surface area contributed by atoms with E-state index in [-0.39, 0.29) is 16.9 Å². The highest BCUT2D eigenvalue weighted by molar-refractivity contribution is 7.08. The molecule has 8 heteroatoms. The number of carbonyl (C=O) groups is 1. The SMILES string of the molecule is COc1cc(C#N)c(C(=O)c2ccsc2)c([N+](=O)[O-])c1O. The number of rotatable bonds is 4. The number of hydrogen-bond donors (Lipinski definition) is 1. The van der Waals surface area contributed by atoms with Crippen LogP contribution in [-0.4, -0.2) is 22.9 Å². The Labute approximate surface area is 122 Å². The molecule has 2 aromatic rings. The van der Waals surface area contributed by atoms with E-state index in [2.05, 4.69) is 0 Å². The first-order valence-electron chi connectivity index (χ1n) is 5.56. The molecule has 106 valence electrons. The first-order chi connectivity index (χ1) is 10.0. The predicted octanol–water partition coefficient (Wildman–Crippen LogP) is 2.47. The lowest BCUT2D eigenvalue weighted by Crippen LogP contribution is -2.08. The Morgan fingerprint density at radius 3 is 2.76 bits per heavy atom. The molecule has 0 saturated heterocycles. The molecule has 1 heterocycles. The summed E-state index contributed by atoms with van der Waals surface area (Å²) in [7, 11) is 1.19. The lowest BCUT2D eigenvalue weighted by molar-refractivity contribution is -0.386. The van der Waals surface area contributed by atoms with Crippen molar-refractivity contribution in [3.63, 3.8) is 0 Å². The van der Waals surface area contributed by atoms with Crippen LogP contribution >= 0.6 is 11.3 Å². The van der Waals surface area contributed by atoms with Gasteiger partial charge in [0.15, 0.2) is 5.75 Å². The number of nitro benzene ring substituents is 1. The predicted molar refractivity (Wildman–Crippen MR) is 73.8 cm³/mol. The Morgan fingerprint density at radius 2 is 2.29 bits per heavy atom. The molecule has 1 N–H and O–H groups in total. The van der Waals surface area contributed by atoms with Gasteiger partial charge >= 0.3 is 5.69 Å². The van der Waals surface area contributed by atoms with Crippen LogP contribution in [0.15, 0.2) is 22.9 Å². The number of phenolic OH excluding ortho intramolecular Hbond substituents is 1. The van der Waals surface area contributed by atoms with E-state index in [1.807, 2.05) is 0 Å². The van der Waals surface area contributed by atoms with Crippen molar-refractivity contribution in [1.29, 1.82) is 5.26 Å². The number of hydrogen-bond acceptors (Lipinski definition) is 7. The Morgan fingerprint density at radius 1 is 1.57 bits per heavy atom. The summed E-state index contributed by atoms with van der Waals surface area (Å²) in [6.07, 6.45) is 0. The van der Waals surface area contributed by atoms with Crippen molar-refractivity contribution in [2.24, 2.45) is 0 Å². The molecule has 0 aliphatic rings. The van der Waals surface area contributed by atoms with Crippen LogP contribution in [0, 0.1) is 21.4 Å². The molecule has 1 aromatic heterocycles. The lowest BCUT2D eigenvalue weighted by atomic mass is 9.97. The molecule has 0 atom stereocenters. The van der Waals surface area contributed by atoms with Crippen LogP contribution in [0.1, 0.15) is 21.5 Å². The topological polar surface area (TPSA) is 113 Å². The zero-order valence-corrected chi connectivity index (χ0v) is 11.5. The average Bonchev–Trinajstić information content (AvgIpc) is 2.99. The van der Waals surface area contributed by atoms with Crippen molar-refractivity contribution in [1.82, 2.24) is 0 Å². The maximum absolute atomic E-state index is 12.4. The summed E-state index contributed by atoms with van der Waals surface area (Å²) in [6, 6.07) is 4.31. The number of aromatic hydroxyl groups is 1. The highest BCUT2D eigenvalue weighted by Gasteiger charge is 2.32. The van der Waals surface area contributed by atoms with Crippen molar-refractivity contribution >= 4 is 22.8 Å². The third kappa shape index (κ3) is 2.42. The number of nitrogens with zero attached hydrogens (tertiary/aromatic N) is 2. The fourth-order valence-electron chi connectivity index (χ4n) is 1.82. The van der Waals surface area contributed by atoms with Gasteiger partial charge in [-0.05, 0) is 11.4 Å². The molecule has 0 spiro atoms. The van der Waals surface area contributed by atoms with Crippen LogP contribution in [0.2, 0.25) is 0 Å². The van der Waals surface area contributed by atoms with Crippen LogP contribution < -0.4 is 4.74 Å². The molecule has 2 rings (SSSR count). The van der Waals surface area contributed by atoms with E-state index in [1.165, 1.54) is 29.9 Å². The maximum Gasteiger partial charge on any atom is 0.327 e. The number of nitriles is 1. The number of ether oxygens (including phenoxy) is 1. The van der Waals surface area contributed by atoms with Gasteiger partial charge in [-0.15, -0.1) is 0 Å². The summed E-state index contributed by atoms with van der Waals surface area (Å²) in [4.78, 5) is 22.6. The van der Waals surface area contributed by atoms with E-state index in [0.29, 0.717) is 0 Å². The number of nitro groups is 1. The van der Waals surface area contributed by atoms with Gasteiger partial charge in [0.25, 0.3) is 0 Å². The summed E-state index contributed by atoms with van der Waals surface area (Å²) >= 11 is 1.24. The molecule has 0 unspecified atom stereocenters. The second kappa shape index (κ2) is 5.60. The Bertz CT molecular complexity index is 762. The second-order valence-electron chi connectivity index (χ2n) is 3.91. The highest BCUT2D eigenvalue weighted by Crippen LogP contribution is 2.41. The number of methoxy groups -OCH3 is 1. The fraction of sp³-hybridized carbons (Fsp3) is 0.0769. The molecular weight excluding hydrogens is 296 g/mol. The number of benzene rings is 1. The Kier molecular flexibility index (Phi) is 3.86. The molecule has 0 fully saturated rings. The van der Waals surface area contributed by atoms with Crippen molar-refractivity contribution in [2.75, 3.05) is 7.11 Å². The van der Waals surface area contributed by atoms with E-state index < -0.39 is 27.7 Å². The summed E-state index contributed by atoms with van der Waals surface area (Å²) in [5.74, 6) is -1.71. The van der Waals surface area contributed by atoms with Crippen LogP contribution in [0.25, 0.3) is 0 Å². The maximum atomic E-state index is 12.4. The highest BCUT2D eigenvalue weighted by atomic mass is 32.1. The van der Waals surface area contributed by atoms with E-state index in [0.717, 1.165) is 6.07 Å². The molecule has 0 amide bonds. The third-order valence-corrected chi connectivity index (χ3v) is 3.46. The summed E-state index contributed by atoms with van der Waals surface area (Å²) in [6.45, 7) is 0. The van der Waals surface area contributed by atoms with Gasteiger partial charge in [-0.1, -0.05) is 0 Å². The van der Waals surface area contributed by atoms with Gasteiger partial charge in [0, 0.05) is 17.0 Å². The van der Waals surface area contributed by atoms with Crippen molar-refractivity contribution in [3.05, 3.63) is 49.7 Å². The zero-order chi connectivity index (χ0) is 15.6. The molecule has 0 aliphatic carbocycles. The fourth-order valence-corrected chi connectivity index (χ4v) is 2.46. The minimum atomic E-state index is -0.904. The summed E-state index contributed by atoms with van der Waals surface area (Å²) in [5.41, 5.74) is -1.29. The van der Waals surface area contributed by atoms with Crippen LogP contribution in [0.3, 0.4) is 0 Å². The zero-order valence-electron chi connectivity index (χ0n) is 10.7. The molecular formula is C13H8N2O5S. The summed E-state index contributed by atoms with van der Waals surface area (Å²) < 4.78 is 4.79. The van der Waals surface area contributed by atoms with E-state index in [9.17, 15) is 20.0 Å². The molecule has 0 radical (unpaired) electrons. The number of carbonyl (C=O) groups excluding carboxylic acids is 1. The van der Waals surface area contributed by atoms with Crippen molar-refractivity contribution in [3.8, 4) is 17.6 Å². The monoisotopic (exact) mass is 304 g/mol. The van der Waals surface area contributed by atoms with Crippen LogP contribution in [0.5, 0.6) is 11.5 Å². The molecule has 7 nitrogen and oxygen atoms in total. The Hall–Kier alpha value is -2.92. The quantitative estimate of drug-likeness (QED) is 0.527. The van der Waals surface area contributed by atoms with E-state index in [1.54, 1.807) is 11.4 Å². The smallest absolute Gasteiger partial charge is 0.327 e. The average molecular weight is 304 g/mol. The molecule has 0 saturated carbocycles. The summed E-state index contributed by atoms with van der Waals surface area (Å²) in [5, 5.41) is 33.3. The van der Waals surface area contributed by atoms with E-state index >= 15 is 0 Å². The van der Waals surface area contributed by atoms with Crippen LogP contribution in [0.4, 0.5) is 5.69 Å². The van der Waals surface area contributed by atoms with Gasteiger partial charge in [-0.2, -0.15) is 16.6 Å². The standard InChI is InChI=1S/C13H8N2O5S/c1-20-9-4-8(5-14)10(11(13(9)17)15(18)19)12(16)7-2-3-21-6-7/h2-4,6,17H,1H3. The van der Waals surface area contributed by atoms with Crippen molar-refractivity contribution < 1.29 is 19.6 Å². The van der Waals surface area contributed by atoms with Gasteiger partial charge in [0.1, 0.15) is 11.6 Å². The minimum absolute atomic E-state index is 0.212. The van der Waals surface area contributed by atoms with Gasteiger partial charge in [-0.3, -0.25) is 14.9 Å². The largest absolute Gasteiger partial charge is 0.499 e. The second-order valence-corrected chi connectivity index (χ2v) is 4.69. The first kappa shape index (κ1) is 14.5. The van der Waals surface area contributed by atoms with Gasteiger partial charge < -0.3 is 9.84 Å². The van der Waals surface area contributed by atoms with Gasteiger partial charge in [0.2, 0.25) is 11.5 Å². The minimum Gasteiger partial charge on any atom is -0.499 e. The number of ketones is 1. The first-order valence-corrected chi connectivity index (χ1v) is 6.50. The Balaban J connectivity index is 2.80. The normalized spacial score (nSPS) is 9.90.